The minimum atomic E-state index is -0.612. The molecule has 1 N–H and O–H groups in total. The van der Waals surface area contributed by atoms with Gasteiger partial charge in [0.2, 0.25) is 0 Å². The summed E-state index contributed by atoms with van der Waals surface area (Å²) in [7, 11) is 0. The van der Waals surface area contributed by atoms with E-state index < -0.39 is 6.10 Å². The molecule has 2 rings (SSSR count). The van der Waals surface area contributed by atoms with Crippen LogP contribution in [-0.4, -0.2) is 5.11 Å². The Labute approximate surface area is 131 Å². The smallest absolute Gasteiger partial charge is 0.113 e. The third kappa shape index (κ3) is 3.04. The molecule has 1 atom stereocenters. The summed E-state index contributed by atoms with van der Waals surface area (Å²) >= 11 is 13.3. The SMILES string of the molecule is Cc1sc(C(O)c2ccc(I)c(Cl)c2)cc1Br. The number of benzene rings is 1. The van der Waals surface area contributed by atoms with Gasteiger partial charge in [0.25, 0.3) is 0 Å². The van der Waals surface area contributed by atoms with E-state index >= 15 is 0 Å². The summed E-state index contributed by atoms with van der Waals surface area (Å²) in [5, 5.41) is 10.9. The predicted molar refractivity (Wildman–Crippen MR) is 85.0 cm³/mol. The summed E-state index contributed by atoms with van der Waals surface area (Å²) in [6.45, 7) is 2.02. The van der Waals surface area contributed by atoms with Crippen LogP contribution in [0.2, 0.25) is 5.02 Å². The second-order valence-electron chi connectivity index (χ2n) is 3.63. The molecule has 0 saturated heterocycles. The highest BCUT2D eigenvalue weighted by atomic mass is 127. The van der Waals surface area contributed by atoms with Crippen LogP contribution in [0.1, 0.15) is 21.4 Å². The van der Waals surface area contributed by atoms with Gasteiger partial charge in [-0.15, -0.1) is 11.3 Å². The summed E-state index contributed by atoms with van der Waals surface area (Å²) in [4.78, 5) is 2.09. The van der Waals surface area contributed by atoms with Crippen LogP contribution in [0.5, 0.6) is 0 Å². The minimum Gasteiger partial charge on any atom is -0.383 e. The number of aliphatic hydroxyl groups is 1. The second-order valence-corrected chi connectivity index (χ2v) is 7.34. The first-order chi connectivity index (χ1) is 7.99. The molecule has 0 radical (unpaired) electrons. The molecule has 1 aromatic heterocycles. The highest BCUT2D eigenvalue weighted by molar-refractivity contribution is 14.1. The van der Waals surface area contributed by atoms with Gasteiger partial charge < -0.3 is 5.11 Å². The Kier molecular flexibility index (Phi) is 4.52. The van der Waals surface area contributed by atoms with Crippen LogP contribution < -0.4 is 0 Å². The zero-order valence-corrected chi connectivity index (χ0v) is 14.2. The zero-order chi connectivity index (χ0) is 12.6. The number of thiophene rings is 1. The largest absolute Gasteiger partial charge is 0.383 e. The van der Waals surface area contributed by atoms with E-state index in [1.165, 1.54) is 0 Å². The fourth-order valence-electron chi connectivity index (χ4n) is 1.46. The van der Waals surface area contributed by atoms with Crippen LogP contribution in [-0.2, 0) is 0 Å². The molecule has 17 heavy (non-hydrogen) atoms. The molecule has 0 aliphatic heterocycles. The summed E-state index contributed by atoms with van der Waals surface area (Å²) in [6.07, 6.45) is -0.612. The third-order valence-corrected chi connectivity index (χ3v) is 6.17. The molecule has 0 aliphatic carbocycles. The molecule has 1 aromatic carbocycles. The quantitative estimate of drug-likeness (QED) is 0.636. The second kappa shape index (κ2) is 5.57. The molecule has 1 nitrogen and oxygen atoms in total. The van der Waals surface area contributed by atoms with E-state index in [2.05, 4.69) is 38.5 Å². The molecule has 0 saturated carbocycles. The van der Waals surface area contributed by atoms with E-state index in [1.54, 1.807) is 11.3 Å². The van der Waals surface area contributed by atoms with Crippen molar-refractivity contribution in [3.8, 4) is 0 Å². The van der Waals surface area contributed by atoms with Crippen LogP contribution in [0.3, 0.4) is 0 Å². The van der Waals surface area contributed by atoms with Crippen LogP contribution in [0.4, 0.5) is 0 Å². The summed E-state index contributed by atoms with van der Waals surface area (Å²) in [5.74, 6) is 0. The predicted octanol–water partition coefficient (Wildman–Crippen LogP) is 5.16. The van der Waals surface area contributed by atoms with Crippen molar-refractivity contribution in [1.29, 1.82) is 0 Å². The Bertz CT molecular complexity index is 536. The highest BCUT2D eigenvalue weighted by Crippen LogP contribution is 2.34. The van der Waals surface area contributed by atoms with Crippen LogP contribution in [0.15, 0.2) is 28.7 Å². The molecule has 1 heterocycles. The fourth-order valence-corrected chi connectivity index (χ4v) is 3.56. The molecule has 2 aromatic rings. The Hall–Kier alpha value is 0.380. The van der Waals surface area contributed by atoms with Gasteiger partial charge in [-0.25, -0.2) is 0 Å². The number of hydrogen-bond acceptors (Lipinski definition) is 2. The van der Waals surface area contributed by atoms with Gasteiger partial charge in [-0.05, 0) is 69.2 Å². The van der Waals surface area contributed by atoms with Crippen molar-refractivity contribution in [1.82, 2.24) is 0 Å². The maximum Gasteiger partial charge on any atom is 0.113 e. The van der Waals surface area contributed by atoms with Crippen molar-refractivity contribution < 1.29 is 5.11 Å². The maximum atomic E-state index is 10.3. The number of aryl methyl sites for hydroxylation is 1. The molecule has 0 amide bonds. The summed E-state index contributed by atoms with van der Waals surface area (Å²) in [6, 6.07) is 7.59. The topological polar surface area (TPSA) is 20.2 Å². The summed E-state index contributed by atoms with van der Waals surface area (Å²) < 4.78 is 2.02. The first kappa shape index (κ1) is 13.8. The molecule has 0 bridgehead atoms. The molecule has 0 spiro atoms. The number of hydrogen-bond donors (Lipinski definition) is 1. The van der Waals surface area contributed by atoms with Crippen molar-refractivity contribution in [2.45, 2.75) is 13.0 Å². The number of rotatable bonds is 2. The van der Waals surface area contributed by atoms with Gasteiger partial charge >= 0.3 is 0 Å². The van der Waals surface area contributed by atoms with Gasteiger partial charge in [0.1, 0.15) is 6.10 Å². The van der Waals surface area contributed by atoms with Crippen LogP contribution in [0, 0.1) is 10.5 Å². The number of halogens is 3. The Morgan fingerprint density at radius 2 is 2.12 bits per heavy atom. The lowest BCUT2D eigenvalue weighted by atomic mass is 10.1. The standard InChI is InChI=1S/C12H9BrClIOS/c1-6-8(13)5-11(17-6)12(16)7-2-3-10(15)9(14)4-7/h2-5,12,16H,1H3. The summed E-state index contributed by atoms with van der Waals surface area (Å²) in [5.41, 5.74) is 0.823. The van der Waals surface area contributed by atoms with Gasteiger partial charge in [-0.3, -0.25) is 0 Å². The molecule has 0 aliphatic rings. The Morgan fingerprint density at radius 3 is 2.65 bits per heavy atom. The van der Waals surface area contributed by atoms with Crippen molar-refractivity contribution >= 4 is 61.5 Å². The van der Waals surface area contributed by atoms with Crippen molar-refractivity contribution in [3.05, 3.63) is 52.6 Å². The van der Waals surface area contributed by atoms with Crippen molar-refractivity contribution in [2.75, 3.05) is 0 Å². The fraction of sp³-hybridized carbons (Fsp3) is 0.167. The monoisotopic (exact) mass is 442 g/mol. The molecule has 0 fully saturated rings. The molecule has 1 unspecified atom stereocenters. The van der Waals surface area contributed by atoms with Gasteiger partial charge in [0.15, 0.2) is 0 Å². The van der Waals surface area contributed by atoms with E-state index in [1.807, 2.05) is 31.2 Å². The van der Waals surface area contributed by atoms with Gasteiger partial charge in [0, 0.05) is 17.8 Å². The van der Waals surface area contributed by atoms with Gasteiger partial charge in [-0.1, -0.05) is 17.7 Å². The third-order valence-electron chi connectivity index (χ3n) is 2.41. The van der Waals surface area contributed by atoms with E-state index in [0.717, 1.165) is 23.4 Å². The normalized spacial score (nSPS) is 12.8. The average molecular weight is 444 g/mol. The Morgan fingerprint density at radius 1 is 1.41 bits per heavy atom. The molecule has 5 heteroatoms. The van der Waals surface area contributed by atoms with Crippen molar-refractivity contribution in [3.63, 3.8) is 0 Å². The van der Waals surface area contributed by atoms with Gasteiger partial charge in [-0.2, -0.15) is 0 Å². The zero-order valence-electron chi connectivity index (χ0n) is 8.88. The molecular weight excluding hydrogens is 434 g/mol. The highest BCUT2D eigenvalue weighted by Gasteiger charge is 2.15. The van der Waals surface area contributed by atoms with Gasteiger partial charge in [0.05, 0.1) is 5.02 Å². The minimum absolute atomic E-state index is 0.612. The molecule has 90 valence electrons. The van der Waals surface area contributed by atoms with E-state index in [-0.39, 0.29) is 0 Å². The van der Waals surface area contributed by atoms with E-state index in [4.69, 9.17) is 11.6 Å². The lowest BCUT2D eigenvalue weighted by molar-refractivity contribution is 0.224. The first-order valence-electron chi connectivity index (χ1n) is 4.88. The molecular formula is C12H9BrClIOS. The van der Waals surface area contributed by atoms with Crippen LogP contribution >= 0.6 is 61.5 Å². The Balaban J connectivity index is 2.36. The lowest BCUT2D eigenvalue weighted by Gasteiger charge is -2.09. The maximum absolute atomic E-state index is 10.3. The lowest BCUT2D eigenvalue weighted by Crippen LogP contribution is -1.97. The first-order valence-corrected chi connectivity index (χ1v) is 7.94. The number of aliphatic hydroxyl groups excluding tert-OH is 1. The average Bonchev–Trinajstić information content (AvgIpc) is 2.62. The van der Waals surface area contributed by atoms with Crippen LogP contribution in [0.25, 0.3) is 0 Å². The van der Waals surface area contributed by atoms with E-state index in [9.17, 15) is 5.11 Å². The van der Waals surface area contributed by atoms with Crippen molar-refractivity contribution in [2.24, 2.45) is 0 Å². The van der Waals surface area contributed by atoms with E-state index in [0.29, 0.717) is 5.02 Å².